The van der Waals surface area contributed by atoms with Crippen molar-refractivity contribution in [3.8, 4) is 17.2 Å². The Morgan fingerprint density at radius 3 is 2.63 bits per heavy atom. The molecular weight excluding hydrogens is 410 g/mol. The molecule has 6 heteroatoms. The van der Waals surface area contributed by atoms with Crippen LogP contribution < -0.4 is 19.5 Å². The first-order valence-electron chi connectivity index (χ1n) is 8.92. The van der Waals surface area contributed by atoms with Gasteiger partial charge in [0.15, 0.2) is 5.76 Å². The number of quaternary nitrogens is 1. The molecule has 0 saturated carbocycles. The SMILES string of the molecule is CC[NH+](CC)Cc1c([O-])ccc2c1O/C(=C\c1cc(Br)ccc1OC)C2=O. The van der Waals surface area contributed by atoms with Gasteiger partial charge in [0.2, 0.25) is 5.78 Å². The second-order valence-corrected chi connectivity index (χ2v) is 7.29. The second-order valence-electron chi connectivity index (χ2n) is 6.38. The average Bonchev–Trinajstić information content (AvgIpc) is 2.97. The largest absolute Gasteiger partial charge is 0.872 e. The van der Waals surface area contributed by atoms with Crippen molar-refractivity contribution in [3.05, 3.63) is 57.3 Å². The second kappa shape index (κ2) is 8.15. The smallest absolute Gasteiger partial charge is 0.231 e. The van der Waals surface area contributed by atoms with Gasteiger partial charge < -0.3 is 19.5 Å². The van der Waals surface area contributed by atoms with E-state index in [-0.39, 0.29) is 17.3 Å². The number of fused-ring (bicyclic) bond motifs is 1. The summed E-state index contributed by atoms with van der Waals surface area (Å²) >= 11 is 3.43. The summed E-state index contributed by atoms with van der Waals surface area (Å²) in [5, 5.41) is 12.4. The van der Waals surface area contributed by atoms with Crippen LogP contribution in [0.3, 0.4) is 0 Å². The number of allylic oxidation sites excluding steroid dienone is 1. The number of ketones is 1. The van der Waals surface area contributed by atoms with E-state index in [4.69, 9.17) is 9.47 Å². The molecule has 0 fully saturated rings. The van der Waals surface area contributed by atoms with E-state index in [0.29, 0.717) is 29.2 Å². The Balaban J connectivity index is 2.01. The highest BCUT2D eigenvalue weighted by molar-refractivity contribution is 9.10. The van der Waals surface area contributed by atoms with E-state index in [1.54, 1.807) is 19.3 Å². The first-order valence-corrected chi connectivity index (χ1v) is 9.72. The van der Waals surface area contributed by atoms with Gasteiger partial charge >= 0.3 is 0 Å². The van der Waals surface area contributed by atoms with Crippen molar-refractivity contribution in [2.24, 2.45) is 0 Å². The Bertz CT molecular complexity index is 903. The van der Waals surface area contributed by atoms with Crippen LogP contribution in [0.15, 0.2) is 40.6 Å². The minimum atomic E-state index is -0.220. The molecule has 0 atom stereocenters. The van der Waals surface area contributed by atoms with Gasteiger partial charge in [-0.3, -0.25) is 4.79 Å². The molecule has 1 N–H and O–H groups in total. The average molecular weight is 432 g/mol. The lowest BCUT2D eigenvalue weighted by Crippen LogP contribution is -3.10. The first kappa shape index (κ1) is 19.5. The zero-order valence-corrected chi connectivity index (χ0v) is 17.2. The number of hydrogen-bond donors (Lipinski definition) is 1. The molecule has 2 aromatic rings. The van der Waals surface area contributed by atoms with Crippen molar-refractivity contribution in [2.75, 3.05) is 20.2 Å². The Hall–Kier alpha value is -2.31. The lowest BCUT2D eigenvalue weighted by Gasteiger charge is -2.21. The summed E-state index contributed by atoms with van der Waals surface area (Å²) in [5.41, 5.74) is 1.72. The van der Waals surface area contributed by atoms with Crippen molar-refractivity contribution < 1.29 is 24.3 Å². The van der Waals surface area contributed by atoms with Crippen LogP contribution in [0.4, 0.5) is 0 Å². The maximum Gasteiger partial charge on any atom is 0.231 e. The maximum atomic E-state index is 12.8. The number of halogens is 1. The molecule has 0 aliphatic carbocycles. The molecule has 0 aromatic heterocycles. The van der Waals surface area contributed by atoms with Gasteiger partial charge in [0.25, 0.3) is 0 Å². The fourth-order valence-corrected chi connectivity index (χ4v) is 3.54. The first-order chi connectivity index (χ1) is 13.0. The topological polar surface area (TPSA) is 63.0 Å². The van der Waals surface area contributed by atoms with Crippen LogP contribution in [0, 0.1) is 0 Å². The molecule has 0 amide bonds. The number of ether oxygens (including phenoxy) is 2. The van der Waals surface area contributed by atoms with Gasteiger partial charge in [-0.15, -0.1) is 0 Å². The quantitative estimate of drug-likeness (QED) is 0.713. The molecule has 27 heavy (non-hydrogen) atoms. The summed E-state index contributed by atoms with van der Waals surface area (Å²) < 4.78 is 12.1. The summed E-state index contributed by atoms with van der Waals surface area (Å²) in [6, 6.07) is 8.54. The van der Waals surface area contributed by atoms with Crippen LogP contribution in [-0.2, 0) is 6.54 Å². The molecule has 3 rings (SSSR count). The number of benzene rings is 2. The van der Waals surface area contributed by atoms with E-state index in [1.807, 2.05) is 18.2 Å². The van der Waals surface area contributed by atoms with Crippen LogP contribution in [-0.4, -0.2) is 26.0 Å². The fraction of sp³-hybridized carbons (Fsp3) is 0.286. The van der Waals surface area contributed by atoms with Crippen molar-refractivity contribution >= 4 is 27.8 Å². The Morgan fingerprint density at radius 1 is 1.22 bits per heavy atom. The molecule has 142 valence electrons. The molecule has 1 heterocycles. The standard InChI is InChI=1S/C21H22BrNO4/c1-4-23(5-2)12-16-17(24)8-7-15-20(25)19(27-21(15)16)11-13-10-14(22)6-9-18(13)26-3/h6-11,24H,4-5,12H2,1-3H3/b19-11-. The molecule has 5 nitrogen and oxygen atoms in total. The monoisotopic (exact) mass is 431 g/mol. The zero-order valence-electron chi connectivity index (χ0n) is 15.6. The van der Waals surface area contributed by atoms with Crippen molar-refractivity contribution in [2.45, 2.75) is 20.4 Å². The summed E-state index contributed by atoms with van der Waals surface area (Å²) in [4.78, 5) is 14.1. The van der Waals surface area contributed by atoms with Crippen LogP contribution in [0.1, 0.15) is 35.3 Å². The van der Waals surface area contributed by atoms with Gasteiger partial charge in [0, 0.05) is 15.6 Å². The van der Waals surface area contributed by atoms with E-state index in [2.05, 4.69) is 29.8 Å². The van der Waals surface area contributed by atoms with E-state index in [9.17, 15) is 9.90 Å². The Kier molecular flexibility index (Phi) is 5.87. The summed E-state index contributed by atoms with van der Waals surface area (Å²) in [6.45, 7) is 6.47. The van der Waals surface area contributed by atoms with Crippen molar-refractivity contribution in [1.82, 2.24) is 0 Å². The third kappa shape index (κ3) is 3.87. The number of hydrogen-bond acceptors (Lipinski definition) is 4. The van der Waals surface area contributed by atoms with E-state index >= 15 is 0 Å². The highest BCUT2D eigenvalue weighted by atomic mass is 79.9. The number of carbonyl (C=O) groups is 1. The highest BCUT2D eigenvalue weighted by Crippen LogP contribution is 2.39. The Morgan fingerprint density at radius 2 is 1.96 bits per heavy atom. The number of rotatable bonds is 6. The van der Waals surface area contributed by atoms with E-state index < -0.39 is 0 Å². The molecule has 1 aliphatic rings. The normalized spacial score (nSPS) is 14.6. The molecule has 0 spiro atoms. The summed E-state index contributed by atoms with van der Waals surface area (Å²) in [7, 11) is 1.58. The minimum absolute atomic E-state index is 0.0952. The number of nitrogens with one attached hydrogen (secondary N) is 1. The van der Waals surface area contributed by atoms with Gasteiger partial charge in [-0.2, -0.15) is 0 Å². The lowest BCUT2D eigenvalue weighted by molar-refractivity contribution is -0.910. The van der Waals surface area contributed by atoms with Crippen LogP contribution in [0.25, 0.3) is 6.08 Å². The van der Waals surface area contributed by atoms with Crippen LogP contribution in [0.5, 0.6) is 17.2 Å². The van der Waals surface area contributed by atoms with E-state index in [1.165, 1.54) is 11.0 Å². The molecule has 2 aromatic carbocycles. The van der Waals surface area contributed by atoms with Crippen molar-refractivity contribution in [1.29, 1.82) is 0 Å². The predicted molar refractivity (Wildman–Crippen MR) is 105 cm³/mol. The molecule has 1 aliphatic heterocycles. The summed E-state index contributed by atoms with van der Waals surface area (Å²) in [6.07, 6.45) is 1.66. The fourth-order valence-electron chi connectivity index (χ4n) is 3.17. The van der Waals surface area contributed by atoms with Crippen LogP contribution >= 0.6 is 15.9 Å². The number of methoxy groups -OCH3 is 1. The summed E-state index contributed by atoms with van der Waals surface area (Å²) in [5.74, 6) is 0.912. The third-order valence-electron chi connectivity index (χ3n) is 4.80. The molecule has 0 bridgehead atoms. The van der Waals surface area contributed by atoms with Crippen molar-refractivity contribution in [3.63, 3.8) is 0 Å². The van der Waals surface area contributed by atoms with Crippen LogP contribution in [0.2, 0.25) is 0 Å². The number of carbonyl (C=O) groups excluding carboxylic acids is 1. The Labute approximate surface area is 167 Å². The van der Waals surface area contributed by atoms with Gasteiger partial charge in [0.1, 0.15) is 18.0 Å². The lowest BCUT2D eigenvalue weighted by atomic mass is 10.0. The molecule has 0 radical (unpaired) electrons. The number of Topliss-reactive ketones (excluding diaryl/α,β-unsaturated/α-hetero) is 1. The van der Waals surface area contributed by atoms with E-state index in [0.717, 1.165) is 23.1 Å². The van der Waals surface area contributed by atoms with Gasteiger partial charge in [-0.25, -0.2) is 0 Å². The maximum absolute atomic E-state index is 12.8. The predicted octanol–water partition coefficient (Wildman–Crippen LogP) is 2.57. The van der Waals surface area contributed by atoms with Gasteiger partial charge in [-0.05, 0) is 44.2 Å². The molecular formula is C21H22BrNO4. The molecule has 0 unspecified atom stereocenters. The van der Waals surface area contributed by atoms with Gasteiger partial charge in [-0.1, -0.05) is 27.7 Å². The minimum Gasteiger partial charge on any atom is -0.872 e. The third-order valence-corrected chi connectivity index (χ3v) is 5.30. The zero-order chi connectivity index (χ0) is 19.6. The highest BCUT2D eigenvalue weighted by Gasteiger charge is 2.31. The van der Waals surface area contributed by atoms with Gasteiger partial charge in [0.05, 0.1) is 25.8 Å². The molecule has 0 saturated heterocycles.